The summed E-state index contributed by atoms with van der Waals surface area (Å²) in [6, 6.07) is 6.89. The molecule has 0 fully saturated rings. The standard InChI is InChI=1S/C13H19N3O2/c1-13(2,15-3)12(18)16-8-9-5-4-6-10(7-9)11(14)17/h4-7,15H,8H2,1-3H3,(H2,14,17)(H,16,18). The Morgan fingerprint density at radius 2 is 2.00 bits per heavy atom. The van der Waals surface area contributed by atoms with Crippen molar-refractivity contribution in [3.8, 4) is 0 Å². The van der Waals surface area contributed by atoms with Crippen molar-refractivity contribution in [1.29, 1.82) is 0 Å². The number of likely N-dealkylation sites (N-methyl/N-ethyl adjacent to an activating group) is 1. The fourth-order valence-electron chi connectivity index (χ4n) is 1.35. The topological polar surface area (TPSA) is 84.2 Å². The molecule has 98 valence electrons. The highest BCUT2D eigenvalue weighted by Gasteiger charge is 2.24. The molecule has 5 heteroatoms. The fourth-order valence-corrected chi connectivity index (χ4v) is 1.35. The zero-order valence-electron chi connectivity index (χ0n) is 10.9. The molecule has 0 saturated carbocycles. The van der Waals surface area contributed by atoms with Crippen LogP contribution in [0.3, 0.4) is 0 Å². The van der Waals surface area contributed by atoms with Gasteiger partial charge in [0.05, 0.1) is 5.54 Å². The second-order valence-electron chi connectivity index (χ2n) is 4.62. The maximum atomic E-state index is 11.8. The zero-order valence-corrected chi connectivity index (χ0v) is 10.9. The van der Waals surface area contributed by atoms with Gasteiger partial charge in [0.15, 0.2) is 0 Å². The maximum Gasteiger partial charge on any atom is 0.248 e. The largest absolute Gasteiger partial charge is 0.366 e. The molecule has 1 rings (SSSR count). The van der Waals surface area contributed by atoms with E-state index in [1.54, 1.807) is 39.1 Å². The Bertz CT molecular complexity index is 455. The first-order valence-electron chi connectivity index (χ1n) is 5.73. The van der Waals surface area contributed by atoms with Crippen LogP contribution in [0.1, 0.15) is 29.8 Å². The van der Waals surface area contributed by atoms with Crippen molar-refractivity contribution in [3.05, 3.63) is 35.4 Å². The lowest BCUT2D eigenvalue weighted by Crippen LogP contribution is -2.50. The van der Waals surface area contributed by atoms with Crippen molar-refractivity contribution in [1.82, 2.24) is 10.6 Å². The first-order chi connectivity index (χ1) is 8.36. The quantitative estimate of drug-likeness (QED) is 0.706. The zero-order chi connectivity index (χ0) is 13.8. The molecule has 4 N–H and O–H groups in total. The Morgan fingerprint density at radius 1 is 1.33 bits per heavy atom. The van der Waals surface area contributed by atoms with Gasteiger partial charge in [0.25, 0.3) is 0 Å². The second-order valence-corrected chi connectivity index (χ2v) is 4.62. The Hall–Kier alpha value is -1.88. The van der Waals surface area contributed by atoms with E-state index >= 15 is 0 Å². The van der Waals surface area contributed by atoms with Crippen LogP contribution in [0.4, 0.5) is 0 Å². The molecule has 0 aliphatic rings. The third-order valence-corrected chi connectivity index (χ3v) is 2.86. The summed E-state index contributed by atoms with van der Waals surface area (Å²) in [6.45, 7) is 3.95. The molecule has 0 unspecified atom stereocenters. The van der Waals surface area contributed by atoms with Crippen LogP contribution in [-0.2, 0) is 11.3 Å². The van der Waals surface area contributed by atoms with Crippen LogP contribution in [-0.4, -0.2) is 24.4 Å². The highest BCUT2D eigenvalue weighted by atomic mass is 16.2. The van der Waals surface area contributed by atoms with Crippen LogP contribution in [0.15, 0.2) is 24.3 Å². The lowest BCUT2D eigenvalue weighted by molar-refractivity contribution is -0.126. The van der Waals surface area contributed by atoms with Gasteiger partial charge in [-0.05, 0) is 38.6 Å². The summed E-state index contributed by atoms with van der Waals surface area (Å²) in [4.78, 5) is 22.8. The summed E-state index contributed by atoms with van der Waals surface area (Å²) < 4.78 is 0. The van der Waals surface area contributed by atoms with Gasteiger partial charge >= 0.3 is 0 Å². The van der Waals surface area contributed by atoms with Crippen LogP contribution < -0.4 is 16.4 Å². The summed E-state index contributed by atoms with van der Waals surface area (Å²) in [5, 5.41) is 5.72. The number of hydrogen-bond donors (Lipinski definition) is 3. The summed E-state index contributed by atoms with van der Waals surface area (Å²) in [7, 11) is 1.73. The van der Waals surface area contributed by atoms with Crippen LogP contribution in [0.5, 0.6) is 0 Å². The average molecular weight is 249 g/mol. The van der Waals surface area contributed by atoms with Crippen LogP contribution in [0, 0.1) is 0 Å². The fraction of sp³-hybridized carbons (Fsp3) is 0.385. The van der Waals surface area contributed by atoms with Crippen molar-refractivity contribution < 1.29 is 9.59 Å². The molecule has 5 nitrogen and oxygen atoms in total. The van der Waals surface area contributed by atoms with Crippen molar-refractivity contribution in [2.75, 3.05) is 7.05 Å². The molecule has 0 bridgehead atoms. The molecule has 0 atom stereocenters. The number of rotatable bonds is 5. The number of primary amides is 1. The first-order valence-corrected chi connectivity index (χ1v) is 5.73. The van der Waals surface area contributed by atoms with Gasteiger partial charge < -0.3 is 16.4 Å². The van der Waals surface area contributed by atoms with Crippen LogP contribution in [0.2, 0.25) is 0 Å². The number of carbonyl (C=O) groups is 2. The Balaban J connectivity index is 2.67. The molecule has 0 saturated heterocycles. The molecule has 1 aromatic carbocycles. The van der Waals surface area contributed by atoms with Gasteiger partial charge in [0, 0.05) is 12.1 Å². The number of nitrogens with two attached hydrogens (primary N) is 1. The van der Waals surface area contributed by atoms with E-state index in [0.29, 0.717) is 12.1 Å². The van der Waals surface area contributed by atoms with Crippen LogP contribution in [0.25, 0.3) is 0 Å². The van der Waals surface area contributed by atoms with E-state index in [0.717, 1.165) is 5.56 Å². The molecular formula is C13H19N3O2. The minimum atomic E-state index is -0.624. The van der Waals surface area contributed by atoms with Crippen molar-refractivity contribution in [2.45, 2.75) is 25.9 Å². The number of carbonyl (C=O) groups excluding carboxylic acids is 2. The molecule has 0 radical (unpaired) electrons. The van der Waals surface area contributed by atoms with E-state index in [-0.39, 0.29) is 5.91 Å². The third-order valence-electron chi connectivity index (χ3n) is 2.86. The SMILES string of the molecule is CNC(C)(C)C(=O)NCc1cccc(C(N)=O)c1. The van der Waals surface area contributed by atoms with Crippen LogP contribution >= 0.6 is 0 Å². The maximum absolute atomic E-state index is 11.8. The molecule has 0 aliphatic carbocycles. The lowest BCUT2D eigenvalue weighted by Gasteiger charge is -2.22. The highest BCUT2D eigenvalue weighted by molar-refractivity contribution is 5.93. The minimum absolute atomic E-state index is 0.102. The summed E-state index contributed by atoms with van der Waals surface area (Å²) in [5.41, 5.74) is 5.85. The van der Waals surface area contributed by atoms with E-state index in [2.05, 4.69) is 10.6 Å². The molecule has 0 spiro atoms. The van der Waals surface area contributed by atoms with Gasteiger partial charge in [-0.25, -0.2) is 0 Å². The Morgan fingerprint density at radius 3 is 2.56 bits per heavy atom. The normalized spacial score (nSPS) is 11.1. The molecular weight excluding hydrogens is 230 g/mol. The molecule has 0 heterocycles. The van der Waals surface area contributed by atoms with E-state index in [9.17, 15) is 9.59 Å². The Kier molecular flexibility index (Phi) is 4.44. The number of benzene rings is 1. The second kappa shape index (κ2) is 5.64. The smallest absolute Gasteiger partial charge is 0.248 e. The highest BCUT2D eigenvalue weighted by Crippen LogP contribution is 2.06. The van der Waals surface area contributed by atoms with Gasteiger partial charge in [-0.3, -0.25) is 9.59 Å². The predicted octanol–water partition coefficient (Wildman–Crippen LogP) is 0.400. The Labute approximate surface area is 107 Å². The average Bonchev–Trinajstić information content (AvgIpc) is 2.36. The minimum Gasteiger partial charge on any atom is -0.366 e. The van der Waals surface area contributed by atoms with Gasteiger partial charge in [0.2, 0.25) is 11.8 Å². The summed E-state index contributed by atoms with van der Waals surface area (Å²) in [5.74, 6) is -0.576. The summed E-state index contributed by atoms with van der Waals surface area (Å²) in [6.07, 6.45) is 0. The molecule has 1 aromatic rings. The van der Waals surface area contributed by atoms with Crippen molar-refractivity contribution in [2.24, 2.45) is 5.73 Å². The molecule has 2 amide bonds. The van der Waals surface area contributed by atoms with E-state index in [1.165, 1.54) is 0 Å². The van der Waals surface area contributed by atoms with E-state index in [4.69, 9.17) is 5.73 Å². The lowest BCUT2D eigenvalue weighted by atomic mass is 10.0. The van der Waals surface area contributed by atoms with Crippen molar-refractivity contribution in [3.63, 3.8) is 0 Å². The number of amides is 2. The third kappa shape index (κ3) is 3.56. The van der Waals surface area contributed by atoms with E-state index in [1.807, 2.05) is 6.07 Å². The van der Waals surface area contributed by atoms with Crippen molar-refractivity contribution >= 4 is 11.8 Å². The number of nitrogens with one attached hydrogen (secondary N) is 2. The van der Waals surface area contributed by atoms with Gasteiger partial charge in [-0.2, -0.15) is 0 Å². The molecule has 0 aliphatic heterocycles. The van der Waals surface area contributed by atoms with Gasteiger partial charge in [0.1, 0.15) is 0 Å². The number of hydrogen-bond acceptors (Lipinski definition) is 3. The summed E-state index contributed by atoms with van der Waals surface area (Å²) >= 11 is 0. The van der Waals surface area contributed by atoms with Gasteiger partial charge in [-0.15, -0.1) is 0 Å². The predicted molar refractivity (Wildman–Crippen MR) is 69.9 cm³/mol. The molecule has 18 heavy (non-hydrogen) atoms. The van der Waals surface area contributed by atoms with E-state index < -0.39 is 11.4 Å². The van der Waals surface area contributed by atoms with Gasteiger partial charge in [-0.1, -0.05) is 12.1 Å². The first kappa shape index (κ1) is 14.2. The monoisotopic (exact) mass is 249 g/mol. The molecule has 0 aromatic heterocycles.